The van der Waals surface area contributed by atoms with Gasteiger partial charge in [0.25, 0.3) is 0 Å². The molecule has 0 aliphatic carbocycles. The van der Waals surface area contributed by atoms with Crippen molar-refractivity contribution in [1.29, 1.82) is 0 Å². The number of hydrogen-bond acceptors (Lipinski definition) is 4. The minimum Gasteiger partial charge on any atom is -0.284 e. The molecule has 1 aliphatic heterocycles. The molecule has 140 valence electrons. The van der Waals surface area contributed by atoms with Crippen molar-refractivity contribution >= 4 is 29.1 Å². The van der Waals surface area contributed by atoms with Gasteiger partial charge >= 0.3 is 0 Å². The first kappa shape index (κ1) is 19.3. The van der Waals surface area contributed by atoms with E-state index >= 15 is 0 Å². The number of nitrogens with zero attached hydrogens (tertiary/aromatic N) is 3. The van der Waals surface area contributed by atoms with Gasteiger partial charge in [0.1, 0.15) is 5.82 Å². The predicted molar refractivity (Wildman–Crippen MR) is 110 cm³/mol. The third-order valence-corrected chi connectivity index (χ3v) is 5.74. The molecule has 0 N–H and O–H groups in total. The van der Waals surface area contributed by atoms with E-state index in [0.29, 0.717) is 11.7 Å². The first-order valence-electron chi connectivity index (χ1n) is 8.88. The summed E-state index contributed by atoms with van der Waals surface area (Å²) in [5, 5.41) is 8.95. The zero-order valence-electron chi connectivity index (χ0n) is 15.6. The molecule has 1 atom stereocenters. The number of aryl methyl sites for hydroxylation is 2. The standard InChI is InChI=1S/C21H22FN3OS/c1-4-19-20(26)25(13-16-6-9-18(22)10-7-16)21(27-19)24-23-12-17-8-5-14(2)11-15(17)3/h5-12,19H,4,13H2,1-3H3/b23-12-,24-21-/t19-/m0/s1. The summed E-state index contributed by atoms with van der Waals surface area (Å²) in [7, 11) is 0. The highest BCUT2D eigenvalue weighted by atomic mass is 32.2. The summed E-state index contributed by atoms with van der Waals surface area (Å²) in [5.41, 5.74) is 4.18. The molecule has 0 aromatic heterocycles. The van der Waals surface area contributed by atoms with Crippen LogP contribution in [-0.2, 0) is 11.3 Å². The highest BCUT2D eigenvalue weighted by molar-refractivity contribution is 8.15. The Balaban J connectivity index is 1.81. The minimum atomic E-state index is -0.292. The van der Waals surface area contributed by atoms with E-state index in [1.165, 1.54) is 29.5 Å². The summed E-state index contributed by atoms with van der Waals surface area (Å²) in [5.74, 6) is -0.272. The summed E-state index contributed by atoms with van der Waals surface area (Å²) in [4.78, 5) is 14.3. The molecule has 1 heterocycles. The van der Waals surface area contributed by atoms with Crippen LogP contribution in [0.15, 0.2) is 52.7 Å². The number of thioether (sulfide) groups is 1. The zero-order valence-corrected chi connectivity index (χ0v) is 16.5. The fraction of sp³-hybridized carbons (Fsp3) is 0.286. The summed E-state index contributed by atoms with van der Waals surface area (Å²) in [6, 6.07) is 12.3. The van der Waals surface area contributed by atoms with Gasteiger partial charge in [-0.25, -0.2) is 4.39 Å². The fourth-order valence-corrected chi connectivity index (χ4v) is 3.90. The Labute approximate surface area is 163 Å². The molecule has 1 amide bonds. The third-order valence-electron chi connectivity index (χ3n) is 4.41. The largest absolute Gasteiger partial charge is 0.284 e. The molecule has 2 aromatic carbocycles. The predicted octanol–water partition coefficient (Wildman–Crippen LogP) is 4.69. The third kappa shape index (κ3) is 4.63. The van der Waals surface area contributed by atoms with E-state index in [9.17, 15) is 9.18 Å². The van der Waals surface area contributed by atoms with Gasteiger partial charge in [0.15, 0.2) is 5.17 Å². The molecular formula is C21H22FN3OS. The molecule has 0 unspecified atom stereocenters. The molecule has 1 fully saturated rings. The van der Waals surface area contributed by atoms with Gasteiger partial charge in [-0.2, -0.15) is 5.10 Å². The van der Waals surface area contributed by atoms with Crippen molar-refractivity contribution in [3.05, 3.63) is 70.5 Å². The number of rotatable bonds is 5. The van der Waals surface area contributed by atoms with E-state index < -0.39 is 0 Å². The Hall–Kier alpha value is -2.47. The van der Waals surface area contributed by atoms with Crippen LogP contribution in [0.3, 0.4) is 0 Å². The molecule has 0 bridgehead atoms. The molecule has 0 radical (unpaired) electrons. The van der Waals surface area contributed by atoms with Crippen LogP contribution in [0.5, 0.6) is 0 Å². The second-order valence-electron chi connectivity index (χ2n) is 6.55. The molecule has 0 spiro atoms. The number of halogens is 1. The lowest BCUT2D eigenvalue weighted by atomic mass is 10.1. The number of amides is 1. The smallest absolute Gasteiger partial charge is 0.242 e. The Morgan fingerprint density at radius 1 is 1.19 bits per heavy atom. The van der Waals surface area contributed by atoms with Crippen LogP contribution < -0.4 is 0 Å². The van der Waals surface area contributed by atoms with E-state index in [0.717, 1.165) is 23.1 Å². The van der Waals surface area contributed by atoms with Gasteiger partial charge < -0.3 is 0 Å². The van der Waals surface area contributed by atoms with Gasteiger partial charge in [-0.05, 0) is 49.1 Å². The van der Waals surface area contributed by atoms with Crippen LogP contribution in [0.1, 0.15) is 35.6 Å². The maximum Gasteiger partial charge on any atom is 0.242 e. The van der Waals surface area contributed by atoms with Gasteiger partial charge in [-0.1, -0.05) is 54.6 Å². The van der Waals surface area contributed by atoms with E-state index in [4.69, 9.17) is 0 Å². The Kier molecular flexibility index (Phi) is 6.06. The normalized spacial score (nSPS) is 18.8. The topological polar surface area (TPSA) is 45.0 Å². The van der Waals surface area contributed by atoms with Crippen molar-refractivity contribution in [2.75, 3.05) is 0 Å². The van der Waals surface area contributed by atoms with Crippen molar-refractivity contribution in [3.8, 4) is 0 Å². The molecule has 1 saturated heterocycles. The maximum absolute atomic E-state index is 13.1. The zero-order chi connectivity index (χ0) is 19.4. The van der Waals surface area contributed by atoms with Crippen LogP contribution in [0.25, 0.3) is 0 Å². The van der Waals surface area contributed by atoms with Crippen molar-refractivity contribution in [1.82, 2.24) is 4.90 Å². The summed E-state index contributed by atoms with van der Waals surface area (Å²) < 4.78 is 13.1. The SMILES string of the molecule is CC[C@@H]1S/C(=N\N=C/c2ccc(C)cc2C)N(Cc2ccc(F)cc2)C1=O. The summed E-state index contributed by atoms with van der Waals surface area (Å²) >= 11 is 1.43. The van der Waals surface area contributed by atoms with E-state index in [-0.39, 0.29) is 17.0 Å². The van der Waals surface area contributed by atoms with Gasteiger partial charge in [-0.3, -0.25) is 9.69 Å². The molecule has 27 heavy (non-hydrogen) atoms. The van der Waals surface area contributed by atoms with Crippen molar-refractivity contribution in [2.24, 2.45) is 10.2 Å². The fourth-order valence-electron chi connectivity index (χ4n) is 2.87. The monoisotopic (exact) mass is 383 g/mol. The van der Waals surface area contributed by atoms with Crippen LogP contribution in [0.4, 0.5) is 4.39 Å². The first-order valence-corrected chi connectivity index (χ1v) is 9.76. The van der Waals surface area contributed by atoms with Crippen molar-refractivity contribution in [3.63, 3.8) is 0 Å². The molecule has 6 heteroatoms. The van der Waals surface area contributed by atoms with Crippen LogP contribution in [0.2, 0.25) is 0 Å². The molecule has 3 rings (SSSR count). The highest BCUT2D eigenvalue weighted by Crippen LogP contribution is 2.30. The van der Waals surface area contributed by atoms with Crippen LogP contribution in [-0.4, -0.2) is 27.4 Å². The lowest BCUT2D eigenvalue weighted by molar-refractivity contribution is -0.126. The number of benzene rings is 2. The average Bonchev–Trinajstić information content (AvgIpc) is 2.94. The highest BCUT2D eigenvalue weighted by Gasteiger charge is 2.36. The molecule has 2 aromatic rings. The van der Waals surface area contributed by atoms with E-state index in [2.05, 4.69) is 16.3 Å². The van der Waals surface area contributed by atoms with E-state index in [1.54, 1.807) is 23.2 Å². The number of carbonyl (C=O) groups excluding carboxylic acids is 1. The van der Waals surface area contributed by atoms with Crippen molar-refractivity contribution < 1.29 is 9.18 Å². The van der Waals surface area contributed by atoms with Gasteiger partial charge in [0.2, 0.25) is 5.91 Å². The molecule has 4 nitrogen and oxygen atoms in total. The Morgan fingerprint density at radius 3 is 2.59 bits per heavy atom. The maximum atomic E-state index is 13.1. The number of carbonyl (C=O) groups is 1. The number of hydrogen-bond donors (Lipinski definition) is 0. The first-order chi connectivity index (χ1) is 13.0. The minimum absolute atomic E-state index is 0.0206. The van der Waals surface area contributed by atoms with Gasteiger partial charge in [-0.15, -0.1) is 5.10 Å². The summed E-state index contributed by atoms with van der Waals surface area (Å²) in [6.45, 7) is 6.42. The average molecular weight is 383 g/mol. The Bertz CT molecular complexity index is 893. The lowest BCUT2D eigenvalue weighted by Crippen LogP contribution is -2.31. The molecular weight excluding hydrogens is 361 g/mol. The summed E-state index contributed by atoms with van der Waals surface area (Å²) in [6.07, 6.45) is 2.44. The van der Waals surface area contributed by atoms with Gasteiger partial charge in [0, 0.05) is 0 Å². The quantitative estimate of drug-likeness (QED) is 0.556. The lowest BCUT2D eigenvalue weighted by Gasteiger charge is -2.15. The van der Waals surface area contributed by atoms with Crippen molar-refractivity contribution in [2.45, 2.75) is 39.0 Å². The number of amidine groups is 1. The van der Waals surface area contributed by atoms with Gasteiger partial charge in [0.05, 0.1) is 18.0 Å². The second-order valence-corrected chi connectivity index (χ2v) is 7.72. The van der Waals surface area contributed by atoms with E-state index in [1.807, 2.05) is 32.9 Å². The second kappa shape index (κ2) is 8.48. The van der Waals surface area contributed by atoms with Crippen LogP contribution >= 0.6 is 11.8 Å². The van der Waals surface area contributed by atoms with Crippen LogP contribution in [0, 0.1) is 19.7 Å². The molecule has 1 aliphatic rings. The molecule has 0 saturated carbocycles. The Morgan fingerprint density at radius 2 is 1.93 bits per heavy atom.